The van der Waals surface area contributed by atoms with Gasteiger partial charge in [-0.1, -0.05) is 0 Å². The maximum absolute atomic E-state index is 13.0. The molecule has 0 aliphatic heterocycles. The van der Waals surface area contributed by atoms with Crippen molar-refractivity contribution in [2.75, 3.05) is 6.54 Å². The van der Waals surface area contributed by atoms with E-state index in [-0.39, 0.29) is 17.3 Å². The molecule has 0 atom stereocenters. The summed E-state index contributed by atoms with van der Waals surface area (Å²) in [5.74, 6) is -0.541. The quantitative estimate of drug-likeness (QED) is 0.747. The van der Waals surface area contributed by atoms with Crippen LogP contribution < -0.4 is 10.9 Å². The zero-order chi connectivity index (χ0) is 18.7. The molecule has 1 aromatic carbocycles. The van der Waals surface area contributed by atoms with Crippen LogP contribution in [0.3, 0.4) is 0 Å². The summed E-state index contributed by atoms with van der Waals surface area (Å²) in [4.78, 5) is 33.4. The average molecular weight is 372 g/mol. The van der Waals surface area contributed by atoms with Gasteiger partial charge in [0.15, 0.2) is 0 Å². The number of hydrogen-bond acceptors (Lipinski definition) is 5. The van der Waals surface area contributed by atoms with Crippen LogP contribution in [-0.2, 0) is 6.54 Å². The zero-order valence-corrected chi connectivity index (χ0v) is 15.1. The van der Waals surface area contributed by atoms with Crippen molar-refractivity contribution >= 4 is 17.2 Å². The van der Waals surface area contributed by atoms with Gasteiger partial charge in [-0.25, -0.2) is 14.4 Å². The van der Waals surface area contributed by atoms with E-state index in [2.05, 4.69) is 15.3 Å². The highest BCUT2D eigenvalue weighted by atomic mass is 32.1. The second-order valence-electron chi connectivity index (χ2n) is 5.72. The van der Waals surface area contributed by atoms with Crippen LogP contribution in [-0.4, -0.2) is 27.0 Å². The van der Waals surface area contributed by atoms with Crippen LogP contribution >= 0.6 is 11.3 Å². The fraction of sp³-hybridized carbons (Fsp3) is 0.222. The van der Waals surface area contributed by atoms with Gasteiger partial charge in [-0.05, 0) is 38.1 Å². The van der Waals surface area contributed by atoms with E-state index in [1.807, 2.05) is 6.92 Å². The number of aromatic nitrogens is 3. The molecule has 26 heavy (non-hydrogen) atoms. The fourth-order valence-electron chi connectivity index (χ4n) is 2.48. The van der Waals surface area contributed by atoms with E-state index in [1.54, 1.807) is 19.1 Å². The molecule has 0 fully saturated rings. The molecule has 1 amide bonds. The molecule has 6 nitrogen and oxygen atoms in total. The van der Waals surface area contributed by atoms with Crippen molar-refractivity contribution in [2.24, 2.45) is 0 Å². The molecule has 0 bridgehead atoms. The highest BCUT2D eigenvalue weighted by Gasteiger charge is 2.13. The molecule has 0 saturated heterocycles. The number of carbonyl (C=O) groups excluding carboxylic acids is 1. The molecule has 0 spiro atoms. The first kappa shape index (κ1) is 17.9. The van der Waals surface area contributed by atoms with Crippen LogP contribution in [0.5, 0.6) is 0 Å². The summed E-state index contributed by atoms with van der Waals surface area (Å²) < 4.78 is 14.4. The highest BCUT2D eigenvalue weighted by Crippen LogP contribution is 2.17. The van der Waals surface area contributed by atoms with Crippen LogP contribution in [0, 0.1) is 19.7 Å². The Labute approximate surface area is 153 Å². The summed E-state index contributed by atoms with van der Waals surface area (Å²) in [5.41, 5.74) is 1.61. The molecule has 2 aromatic heterocycles. The molecule has 8 heteroatoms. The molecule has 0 radical (unpaired) electrons. The highest BCUT2D eigenvalue weighted by molar-refractivity contribution is 7.13. The molecule has 134 valence electrons. The minimum atomic E-state index is -0.343. The summed E-state index contributed by atoms with van der Waals surface area (Å²) in [7, 11) is 0. The molecular formula is C18H17FN4O2S. The molecule has 0 saturated carbocycles. The molecule has 1 N–H and O–H groups in total. The van der Waals surface area contributed by atoms with E-state index in [4.69, 9.17) is 0 Å². The average Bonchev–Trinajstić information content (AvgIpc) is 2.95. The first-order chi connectivity index (χ1) is 12.4. The van der Waals surface area contributed by atoms with Crippen LogP contribution in [0.15, 0.2) is 41.5 Å². The Kier molecular flexibility index (Phi) is 5.22. The number of hydrogen-bond donors (Lipinski definition) is 1. The van der Waals surface area contributed by atoms with Crippen LogP contribution in [0.1, 0.15) is 20.4 Å². The first-order valence-electron chi connectivity index (χ1n) is 7.98. The Morgan fingerprint density at radius 2 is 2.00 bits per heavy atom. The van der Waals surface area contributed by atoms with Gasteiger partial charge >= 0.3 is 0 Å². The van der Waals surface area contributed by atoms with Gasteiger partial charge in [0.25, 0.3) is 11.5 Å². The zero-order valence-electron chi connectivity index (χ0n) is 14.3. The van der Waals surface area contributed by atoms with Crippen molar-refractivity contribution in [1.29, 1.82) is 0 Å². The van der Waals surface area contributed by atoms with Gasteiger partial charge in [0.1, 0.15) is 10.7 Å². The Balaban J connectivity index is 1.64. The second-order valence-corrected chi connectivity index (χ2v) is 6.92. The number of amides is 1. The van der Waals surface area contributed by atoms with Crippen molar-refractivity contribution in [3.05, 3.63) is 68.4 Å². The lowest BCUT2D eigenvalue weighted by Gasteiger charge is -2.08. The maximum Gasteiger partial charge on any atom is 0.263 e. The second kappa shape index (κ2) is 7.57. The van der Waals surface area contributed by atoms with Crippen LogP contribution in [0.2, 0.25) is 0 Å². The summed E-state index contributed by atoms with van der Waals surface area (Å²) in [5, 5.41) is 3.62. The smallest absolute Gasteiger partial charge is 0.263 e. The number of rotatable bonds is 5. The van der Waals surface area contributed by atoms with Crippen LogP contribution in [0.25, 0.3) is 11.3 Å². The van der Waals surface area contributed by atoms with E-state index >= 15 is 0 Å². The lowest BCUT2D eigenvalue weighted by Crippen LogP contribution is -2.30. The molecule has 3 aromatic rings. The Morgan fingerprint density at radius 3 is 2.62 bits per heavy atom. The third kappa shape index (κ3) is 4.02. The number of carbonyl (C=O) groups is 1. The fourth-order valence-corrected chi connectivity index (χ4v) is 3.32. The summed E-state index contributed by atoms with van der Waals surface area (Å²) in [6, 6.07) is 7.18. The number of nitrogens with one attached hydrogen (secondary N) is 1. The van der Waals surface area contributed by atoms with Crippen molar-refractivity contribution in [1.82, 2.24) is 19.9 Å². The maximum atomic E-state index is 13.0. The van der Waals surface area contributed by atoms with Crippen LogP contribution in [0.4, 0.5) is 4.39 Å². The van der Waals surface area contributed by atoms with E-state index in [9.17, 15) is 14.0 Å². The lowest BCUT2D eigenvalue weighted by molar-refractivity contribution is 0.0955. The molecule has 3 rings (SSSR count). The van der Waals surface area contributed by atoms with Gasteiger partial charge in [0.05, 0.1) is 22.7 Å². The summed E-state index contributed by atoms with van der Waals surface area (Å²) in [6.45, 7) is 4.24. The molecular weight excluding hydrogens is 355 g/mol. The molecule has 2 heterocycles. The number of benzene rings is 1. The normalized spacial score (nSPS) is 10.7. The standard InChI is InChI=1S/C18H17FN4O2S/c1-11-17(26-12(2)22-11)18(25)20-7-8-23-10-21-15(9-16(23)24)13-3-5-14(19)6-4-13/h3-6,9-10H,7-8H2,1-2H3,(H,20,25). The third-order valence-electron chi connectivity index (χ3n) is 3.77. The summed E-state index contributed by atoms with van der Waals surface area (Å²) in [6.07, 6.45) is 1.43. The first-order valence-corrected chi connectivity index (χ1v) is 8.80. The van der Waals surface area contributed by atoms with Crippen molar-refractivity contribution < 1.29 is 9.18 Å². The van der Waals surface area contributed by atoms with Gasteiger partial charge < -0.3 is 5.32 Å². The number of halogens is 1. The monoisotopic (exact) mass is 372 g/mol. The number of aryl methyl sites for hydroxylation is 2. The van der Waals surface area contributed by atoms with Gasteiger partial charge in [-0.15, -0.1) is 11.3 Å². The third-order valence-corrected chi connectivity index (χ3v) is 4.84. The Bertz CT molecular complexity index is 995. The summed E-state index contributed by atoms with van der Waals surface area (Å²) >= 11 is 1.34. The lowest BCUT2D eigenvalue weighted by atomic mass is 10.1. The van der Waals surface area contributed by atoms with E-state index < -0.39 is 0 Å². The van der Waals surface area contributed by atoms with Gasteiger partial charge in [0, 0.05) is 24.7 Å². The van der Waals surface area contributed by atoms with E-state index in [0.717, 1.165) is 5.01 Å². The van der Waals surface area contributed by atoms with Gasteiger partial charge in [-0.2, -0.15) is 0 Å². The largest absolute Gasteiger partial charge is 0.349 e. The van der Waals surface area contributed by atoms with Crippen molar-refractivity contribution in [2.45, 2.75) is 20.4 Å². The SMILES string of the molecule is Cc1nc(C)c(C(=O)NCCn2cnc(-c3ccc(F)cc3)cc2=O)s1. The van der Waals surface area contributed by atoms with Crippen molar-refractivity contribution in [3.8, 4) is 11.3 Å². The Morgan fingerprint density at radius 1 is 1.27 bits per heavy atom. The molecule has 0 unspecified atom stereocenters. The Hall–Kier alpha value is -2.87. The topological polar surface area (TPSA) is 76.9 Å². The van der Waals surface area contributed by atoms with Gasteiger partial charge in [-0.3, -0.25) is 14.2 Å². The predicted molar refractivity (Wildman–Crippen MR) is 97.8 cm³/mol. The van der Waals surface area contributed by atoms with E-state index in [1.165, 1.54) is 40.4 Å². The molecule has 0 aliphatic rings. The molecule has 0 aliphatic carbocycles. The van der Waals surface area contributed by atoms with Crippen molar-refractivity contribution in [3.63, 3.8) is 0 Å². The van der Waals surface area contributed by atoms with Gasteiger partial charge in [0.2, 0.25) is 0 Å². The minimum Gasteiger partial charge on any atom is -0.349 e. The van der Waals surface area contributed by atoms with E-state index in [0.29, 0.717) is 34.9 Å². The number of thiazole rings is 1. The predicted octanol–water partition coefficient (Wildman–Crippen LogP) is 2.55. The minimum absolute atomic E-state index is 0.197. The number of nitrogens with zero attached hydrogens (tertiary/aromatic N) is 3.